The first-order chi connectivity index (χ1) is 9.88. The summed E-state index contributed by atoms with van der Waals surface area (Å²) in [7, 11) is 1.71. The van der Waals surface area contributed by atoms with E-state index in [9.17, 15) is 0 Å². The molecule has 1 N–H and O–H groups in total. The van der Waals surface area contributed by atoms with Crippen LogP contribution in [0.1, 0.15) is 30.4 Å². The van der Waals surface area contributed by atoms with Gasteiger partial charge in [-0.15, -0.1) is 0 Å². The molecule has 0 unspecified atom stereocenters. The molecule has 0 spiro atoms. The van der Waals surface area contributed by atoms with Crippen molar-refractivity contribution in [2.75, 3.05) is 20.3 Å². The maximum Gasteiger partial charge on any atom is 0.123 e. The molecule has 6 nitrogen and oxygen atoms in total. The van der Waals surface area contributed by atoms with Crippen LogP contribution in [-0.4, -0.2) is 39.4 Å². The highest BCUT2D eigenvalue weighted by molar-refractivity contribution is 5.06. The maximum atomic E-state index is 5.02. The van der Waals surface area contributed by atoms with E-state index in [4.69, 9.17) is 4.74 Å². The Labute approximate surface area is 118 Å². The van der Waals surface area contributed by atoms with Crippen LogP contribution in [0.3, 0.4) is 0 Å². The predicted octanol–water partition coefficient (Wildman–Crippen LogP) is 1.20. The lowest BCUT2D eigenvalue weighted by molar-refractivity contribution is 0.199. The van der Waals surface area contributed by atoms with Gasteiger partial charge in [-0.1, -0.05) is 0 Å². The minimum atomic E-state index is 0.666. The Morgan fingerprint density at radius 3 is 3.15 bits per heavy atom. The zero-order valence-electron chi connectivity index (χ0n) is 11.8. The lowest BCUT2D eigenvalue weighted by atomic mass is 10.4. The van der Waals surface area contributed by atoms with Gasteiger partial charge in [-0.2, -0.15) is 0 Å². The van der Waals surface area contributed by atoms with Crippen LogP contribution in [0.2, 0.25) is 0 Å². The number of hydrogen-bond donors (Lipinski definition) is 1. The molecule has 0 bridgehead atoms. The number of rotatable bonds is 8. The second kappa shape index (κ2) is 6.19. The van der Waals surface area contributed by atoms with Gasteiger partial charge in [-0.3, -0.25) is 0 Å². The third-order valence-electron chi connectivity index (χ3n) is 3.59. The van der Waals surface area contributed by atoms with Crippen molar-refractivity contribution >= 4 is 0 Å². The summed E-state index contributed by atoms with van der Waals surface area (Å²) in [4.78, 5) is 8.69. The summed E-state index contributed by atoms with van der Waals surface area (Å²) in [6.45, 7) is 3.14. The van der Waals surface area contributed by atoms with Crippen LogP contribution in [0, 0.1) is 0 Å². The Morgan fingerprint density at radius 2 is 2.35 bits per heavy atom. The van der Waals surface area contributed by atoms with E-state index in [2.05, 4.69) is 24.4 Å². The third kappa shape index (κ3) is 3.08. The number of nitrogens with one attached hydrogen (secondary N) is 1. The normalized spacial score (nSPS) is 14.8. The zero-order valence-corrected chi connectivity index (χ0v) is 11.8. The summed E-state index contributed by atoms with van der Waals surface area (Å²) in [6.07, 6.45) is 10.3. The highest BCUT2D eigenvalue weighted by Crippen LogP contribution is 2.35. The molecule has 1 aliphatic carbocycles. The van der Waals surface area contributed by atoms with E-state index >= 15 is 0 Å². The molecule has 2 heterocycles. The Morgan fingerprint density at radius 1 is 1.45 bits per heavy atom. The van der Waals surface area contributed by atoms with Crippen molar-refractivity contribution in [2.24, 2.45) is 0 Å². The van der Waals surface area contributed by atoms with E-state index in [0.29, 0.717) is 6.04 Å². The predicted molar refractivity (Wildman–Crippen MR) is 75.4 cm³/mol. The summed E-state index contributed by atoms with van der Waals surface area (Å²) >= 11 is 0. The van der Waals surface area contributed by atoms with Gasteiger partial charge in [0.25, 0.3) is 0 Å². The second-order valence-corrected chi connectivity index (χ2v) is 5.16. The topological polar surface area (TPSA) is 56.9 Å². The van der Waals surface area contributed by atoms with Crippen LogP contribution < -0.4 is 5.32 Å². The number of methoxy groups -OCH3 is 1. The molecule has 20 heavy (non-hydrogen) atoms. The second-order valence-electron chi connectivity index (χ2n) is 5.16. The van der Waals surface area contributed by atoms with Crippen molar-refractivity contribution < 1.29 is 4.74 Å². The molecule has 1 saturated carbocycles. The van der Waals surface area contributed by atoms with Crippen molar-refractivity contribution in [1.29, 1.82) is 0 Å². The molecule has 1 fully saturated rings. The lowest BCUT2D eigenvalue weighted by Crippen LogP contribution is -2.21. The van der Waals surface area contributed by atoms with Crippen molar-refractivity contribution in [2.45, 2.75) is 32.0 Å². The Balaban J connectivity index is 1.62. The van der Waals surface area contributed by atoms with E-state index < -0.39 is 0 Å². The lowest BCUT2D eigenvalue weighted by Gasteiger charge is -2.10. The Bertz CT molecular complexity index is 543. The molecule has 6 heteroatoms. The van der Waals surface area contributed by atoms with Crippen LogP contribution in [0.15, 0.2) is 24.9 Å². The van der Waals surface area contributed by atoms with Crippen molar-refractivity contribution in [3.05, 3.63) is 36.4 Å². The molecule has 3 rings (SSSR count). The molecule has 0 atom stereocenters. The van der Waals surface area contributed by atoms with Gasteiger partial charge >= 0.3 is 0 Å². The molecule has 0 aromatic carbocycles. The fraction of sp³-hybridized carbons (Fsp3) is 0.571. The fourth-order valence-corrected chi connectivity index (χ4v) is 2.34. The molecular weight excluding hydrogens is 254 g/mol. The molecule has 108 valence electrons. The quantitative estimate of drug-likeness (QED) is 0.736. The van der Waals surface area contributed by atoms with E-state index in [1.807, 2.05) is 24.9 Å². The summed E-state index contributed by atoms with van der Waals surface area (Å²) in [5.74, 6) is 1.05. The first-order valence-electron chi connectivity index (χ1n) is 7.09. The molecule has 0 aliphatic heterocycles. The molecule has 2 aromatic rings. The fourth-order valence-electron chi connectivity index (χ4n) is 2.34. The number of nitrogens with zero attached hydrogens (tertiary/aromatic N) is 4. The number of ether oxygens (including phenoxy) is 1. The molecular formula is C14H21N5O. The summed E-state index contributed by atoms with van der Waals surface area (Å²) in [5, 5.41) is 3.33. The Kier molecular flexibility index (Phi) is 4.13. The average Bonchev–Trinajstić information content (AvgIpc) is 3.04. The highest BCUT2D eigenvalue weighted by atomic mass is 16.5. The smallest absolute Gasteiger partial charge is 0.123 e. The van der Waals surface area contributed by atoms with Gasteiger partial charge in [0.15, 0.2) is 0 Å². The monoisotopic (exact) mass is 275 g/mol. The average molecular weight is 275 g/mol. The molecule has 0 amide bonds. The van der Waals surface area contributed by atoms with Crippen LogP contribution in [0.5, 0.6) is 0 Å². The van der Waals surface area contributed by atoms with Crippen molar-refractivity contribution in [3.8, 4) is 0 Å². The van der Waals surface area contributed by atoms with E-state index in [-0.39, 0.29) is 0 Å². The SMILES string of the molecule is COCCNCc1nccn1Cc1cncn1C1CC1. The molecule has 0 radical (unpaired) electrons. The minimum absolute atomic E-state index is 0.666. The van der Waals surface area contributed by atoms with Crippen LogP contribution in [-0.2, 0) is 17.8 Å². The van der Waals surface area contributed by atoms with Crippen LogP contribution in [0.25, 0.3) is 0 Å². The molecule has 1 aliphatic rings. The van der Waals surface area contributed by atoms with Gasteiger partial charge in [0.2, 0.25) is 0 Å². The van der Waals surface area contributed by atoms with Gasteiger partial charge in [-0.05, 0) is 12.8 Å². The summed E-state index contributed by atoms with van der Waals surface area (Å²) in [6, 6.07) is 0.666. The number of hydrogen-bond acceptors (Lipinski definition) is 4. The molecule has 0 saturated heterocycles. The van der Waals surface area contributed by atoms with Gasteiger partial charge < -0.3 is 19.2 Å². The maximum absolute atomic E-state index is 5.02. The number of imidazole rings is 2. The van der Waals surface area contributed by atoms with E-state index in [1.165, 1.54) is 18.5 Å². The van der Waals surface area contributed by atoms with Crippen LogP contribution in [0.4, 0.5) is 0 Å². The molecule has 2 aromatic heterocycles. The summed E-state index contributed by atoms with van der Waals surface area (Å²) < 4.78 is 9.49. The Hall–Kier alpha value is -1.66. The highest BCUT2D eigenvalue weighted by Gasteiger charge is 2.25. The standard InChI is InChI=1S/C14H21N5O/c1-20-7-5-15-9-14-17-4-6-18(14)10-13-8-16-11-19(13)12-2-3-12/h4,6,8,11-12,15H,2-3,5,7,9-10H2,1H3. The van der Waals surface area contributed by atoms with Crippen molar-refractivity contribution in [1.82, 2.24) is 24.4 Å². The van der Waals surface area contributed by atoms with E-state index in [1.54, 1.807) is 7.11 Å². The first kappa shape index (κ1) is 13.3. The number of aromatic nitrogens is 4. The summed E-state index contributed by atoms with van der Waals surface area (Å²) in [5.41, 5.74) is 1.25. The minimum Gasteiger partial charge on any atom is -0.383 e. The van der Waals surface area contributed by atoms with Gasteiger partial charge in [0.05, 0.1) is 31.7 Å². The largest absolute Gasteiger partial charge is 0.383 e. The van der Waals surface area contributed by atoms with Gasteiger partial charge in [-0.25, -0.2) is 9.97 Å². The van der Waals surface area contributed by atoms with E-state index in [0.717, 1.165) is 32.1 Å². The zero-order chi connectivity index (χ0) is 13.8. The third-order valence-corrected chi connectivity index (χ3v) is 3.59. The van der Waals surface area contributed by atoms with Crippen molar-refractivity contribution in [3.63, 3.8) is 0 Å². The van der Waals surface area contributed by atoms with Gasteiger partial charge in [0, 0.05) is 38.3 Å². The van der Waals surface area contributed by atoms with Gasteiger partial charge in [0.1, 0.15) is 5.82 Å². The van der Waals surface area contributed by atoms with Crippen LogP contribution >= 0.6 is 0 Å². The first-order valence-corrected chi connectivity index (χ1v) is 7.09.